The van der Waals surface area contributed by atoms with E-state index in [4.69, 9.17) is 4.74 Å². The lowest BCUT2D eigenvalue weighted by atomic mass is 10.0. The fourth-order valence-corrected chi connectivity index (χ4v) is 4.32. The van der Waals surface area contributed by atoms with Gasteiger partial charge < -0.3 is 10.1 Å². The first-order valence-corrected chi connectivity index (χ1v) is 8.67. The van der Waals surface area contributed by atoms with Gasteiger partial charge >= 0.3 is 0 Å². The van der Waals surface area contributed by atoms with Crippen LogP contribution < -0.4 is 5.32 Å². The van der Waals surface area contributed by atoms with Crippen molar-refractivity contribution in [1.82, 2.24) is 10.3 Å². The maximum Gasteiger partial charge on any atom is 0.270 e. The van der Waals surface area contributed by atoms with Gasteiger partial charge in [-0.05, 0) is 55.1 Å². The molecule has 1 saturated heterocycles. The number of amides is 1. The molecule has 0 radical (unpaired) electrons. The van der Waals surface area contributed by atoms with Crippen molar-refractivity contribution in [3.8, 4) is 0 Å². The van der Waals surface area contributed by atoms with Crippen LogP contribution in [-0.2, 0) is 4.74 Å². The molecule has 3 aliphatic rings. The van der Waals surface area contributed by atoms with Crippen LogP contribution in [-0.4, -0.2) is 30.1 Å². The van der Waals surface area contributed by atoms with E-state index in [2.05, 4.69) is 16.4 Å². The molecule has 0 spiro atoms. The third-order valence-electron chi connectivity index (χ3n) is 5.62. The number of fused-ring (bicyclic) bond motifs is 1. The predicted octanol–water partition coefficient (Wildman–Crippen LogP) is 2.89. The summed E-state index contributed by atoms with van der Waals surface area (Å²) in [6, 6.07) is 4.25. The summed E-state index contributed by atoms with van der Waals surface area (Å²) in [7, 11) is 0. The van der Waals surface area contributed by atoms with Crippen molar-refractivity contribution in [3.63, 3.8) is 0 Å². The van der Waals surface area contributed by atoms with Gasteiger partial charge in [-0.3, -0.25) is 9.78 Å². The highest BCUT2D eigenvalue weighted by Crippen LogP contribution is 2.60. The molecule has 1 aromatic heterocycles. The maximum absolute atomic E-state index is 12.2. The smallest absolute Gasteiger partial charge is 0.270 e. The molecule has 2 heterocycles. The number of nitrogens with one attached hydrogen (secondary N) is 1. The molecule has 1 unspecified atom stereocenters. The highest BCUT2D eigenvalue weighted by Gasteiger charge is 2.51. The first-order chi connectivity index (χ1) is 10.8. The summed E-state index contributed by atoms with van der Waals surface area (Å²) in [6.45, 7) is 1.48. The van der Waals surface area contributed by atoms with E-state index in [0.29, 0.717) is 11.6 Å². The van der Waals surface area contributed by atoms with Crippen LogP contribution in [0.4, 0.5) is 0 Å². The molecule has 4 nitrogen and oxygen atoms in total. The Labute approximate surface area is 131 Å². The van der Waals surface area contributed by atoms with Crippen molar-refractivity contribution in [3.05, 3.63) is 29.6 Å². The molecule has 1 aromatic rings. The molecule has 1 N–H and O–H groups in total. The summed E-state index contributed by atoms with van der Waals surface area (Å²) in [5.41, 5.74) is 1.87. The van der Waals surface area contributed by atoms with E-state index in [0.717, 1.165) is 37.9 Å². The van der Waals surface area contributed by atoms with Crippen molar-refractivity contribution in [2.24, 2.45) is 11.8 Å². The molecule has 2 aliphatic carbocycles. The molecule has 0 bridgehead atoms. The van der Waals surface area contributed by atoms with Crippen molar-refractivity contribution in [2.45, 2.75) is 50.5 Å². The van der Waals surface area contributed by atoms with Crippen LogP contribution in [0.5, 0.6) is 0 Å². The average molecular weight is 300 g/mol. The van der Waals surface area contributed by atoms with Gasteiger partial charge in [0.25, 0.3) is 5.91 Å². The van der Waals surface area contributed by atoms with Gasteiger partial charge in [0.1, 0.15) is 5.69 Å². The predicted molar refractivity (Wildman–Crippen MR) is 83.7 cm³/mol. The summed E-state index contributed by atoms with van der Waals surface area (Å²) >= 11 is 0. The molecule has 4 rings (SSSR count). The van der Waals surface area contributed by atoms with Gasteiger partial charge in [0.15, 0.2) is 0 Å². The molecule has 118 valence electrons. The summed E-state index contributed by atoms with van der Waals surface area (Å²) < 4.78 is 5.32. The number of pyridine rings is 1. The molecular formula is C18H24N2O2. The molecule has 2 saturated carbocycles. The summed E-state index contributed by atoms with van der Waals surface area (Å²) in [5.74, 6) is 2.43. The molecule has 1 amide bonds. The lowest BCUT2D eigenvalue weighted by molar-refractivity contribution is 0.0694. The van der Waals surface area contributed by atoms with Gasteiger partial charge in [-0.25, -0.2) is 0 Å². The quantitative estimate of drug-likeness (QED) is 0.934. The number of ether oxygens (including phenoxy) is 1. The third kappa shape index (κ3) is 2.76. The minimum absolute atomic E-state index is 0.0494. The van der Waals surface area contributed by atoms with Gasteiger partial charge in [0.05, 0.1) is 0 Å². The minimum atomic E-state index is -0.0494. The van der Waals surface area contributed by atoms with Crippen LogP contribution in [0.15, 0.2) is 18.3 Å². The number of rotatable bonds is 3. The first kappa shape index (κ1) is 14.2. The Morgan fingerprint density at radius 1 is 1.09 bits per heavy atom. The van der Waals surface area contributed by atoms with Gasteiger partial charge in [0, 0.05) is 25.5 Å². The Balaban J connectivity index is 1.38. The van der Waals surface area contributed by atoms with Gasteiger partial charge in [-0.2, -0.15) is 0 Å². The Kier molecular flexibility index (Phi) is 3.87. The van der Waals surface area contributed by atoms with E-state index in [1.165, 1.54) is 31.2 Å². The Morgan fingerprint density at radius 3 is 2.45 bits per heavy atom. The normalized spacial score (nSPS) is 31.4. The fraction of sp³-hybridized carbons (Fsp3) is 0.667. The first-order valence-electron chi connectivity index (χ1n) is 8.67. The number of hydrogen-bond acceptors (Lipinski definition) is 3. The SMILES string of the molecule is O=C(NC1CCOCC1)c1ccc(C2[C@H]3CCCC[C@@H]23)cn1. The van der Waals surface area contributed by atoms with Gasteiger partial charge in [0.2, 0.25) is 0 Å². The number of nitrogens with zero attached hydrogens (tertiary/aromatic N) is 1. The molecule has 22 heavy (non-hydrogen) atoms. The third-order valence-corrected chi connectivity index (χ3v) is 5.62. The zero-order chi connectivity index (χ0) is 14.9. The van der Waals surface area contributed by atoms with Crippen molar-refractivity contribution in [2.75, 3.05) is 13.2 Å². The highest BCUT2D eigenvalue weighted by molar-refractivity contribution is 5.92. The second kappa shape index (κ2) is 5.99. The molecule has 1 aliphatic heterocycles. The van der Waals surface area contributed by atoms with Crippen molar-refractivity contribution in [1.29, 1.82) is 0 Å². The number of hydrogen-bond donors (Lipinski definition) is 1. The van der Waals surface area contributed by atoms with Crippen LogP contribution in [0, 0.1) is 11.8 Å². The molecule has 4 heteroatoms. The maximum atomic E-state index is 12.2. The van der Waals surface area contributed by atoms with Crippen LogP contribution in [0.2, 0.25) is 0 Å². The lowest BCUT2D eigenvalue weighted by Crippen LogP contribution is -2.39. The zero-order valence-electron chi connectivity index (χ0n) is 13.0. The lowest BCUT2D eigenvalue weighted by Gasteiger charge is -2.22. The van der Waals surface area contributed by atoms with Crippen LogP contribution in [0.3, 0.4) is 0 Å². The monoisotopic (exact) mass is 300 g/mol. The van der Waals surface area contributed by atoms with Crippen molar-refractivity contribution < 1.29 is 9.53 Å². The van der Waals surface area contributed by atoms with E-state index >= 15 is 0 Å². The summed E-state index contributed by atoms with van der Waals surface area (Å²) in [5, 5.41) is 3.07. The largest absolute Gasteiger partial charge is 0.381 e. The van der Waals surface area contributed by atoms with E-state index in [-0.39, 0.29) is 11.9 Å². The van der Waals surface area contributed by atoms with E-state index in [1.807, 2.05) is 12.3 Å². The molecule has 0 aromatic carbocycles. The Bertz CT molecular complexity index is 525. The van der Waals surface area contributed by atoms with E-state index in [1.54, 1.807) is 0 Å². The van der Waals surface area contributed by atoms with E-state index < -0.39 is 0 Å². The zero-order valence-corrected chi connectivity index (χ0v) is 13.0. The standard InChI is InChI=1S/C18H24N2O2/c21-18(20-13-7-9-22-10-8-13)16-6-5-12(11-19-16)17-14-3-1-2-4-15(14)17/h5-6,11,13-15,17H,1-4,7-10H2,(H,20,21)/t14-,15+,17?. The van der Waals surface area contributed by atoms with Crippen LogP contribution in [0.25, 0.3) is 0 Å². The van der Waals surface area contributed by atoms with Crippen molar-refractivity contribution >= 4 is 5.91 Å². The Morgan fingerprint density at radius 2 is 1.82 bits per heavy atom. The number of carbonyl (C=O) groups is 1. The number of carbonyl (C=O) groups excluding carboxylic acids is 1. The fourth-order valence-electron chi connectivity index (χ4n) is 4.32. The van der Waals surface area contributed by atoms with E-state index in [9.17, 15) is 4.79 Å². The minimum Gasteiger partial charge on any atom is -0.381 e. The number of aromatic nitrogens is 1. The van der Waals surface area contributed by atoms with Gasteiger partial charge in [-0.1, -0.05) is 18.9 Å². The topological polar surface area (TPSA) is 51.2 Å². The molecular weight excluding hydrogens is 276 g/mol. The van der Waals surface area contributed by atoms with Crippen LogP contribution >= 0.6 is 0 Å². The second-order valence-electron chi connectivity index (χ2n) is 6.97. The molecule has 3 fully saturated rings. The highest BCUT2D eigenvalue weighted by atomic mass is 16.5. The Hall–Kier alpha value is -1.42. The summed E-state index contributed by atoms with van der Waals surface area (Å²) in [6.07, 6.45) is 9.25. The van der Waals surface area contributed by atoms with Crippen LogP contribution in [0.1, 0.15) is 60.5 Å². The second-order valence-corrected chi connectivity index (χ2v) is 6.97. The van der Waals surface area contributed by atoms with Gasteiger partial charge in [-0.15, -0.1) is 0 Å². The molecule has 3 atom stereocenters. The average Bonchev–Trinajstić information content (AvgIpc) is 3.30. The summed E-state index contributed by atoms with van der Waals surface area (Å²) in [4.78, 5) is 16.7.